The minimum absolute atomic E-state index is 0.0917. The van der Waals surface area contributed by atoms with Crippen LogP contribution < -0.4 is 5.32 Å². The zero-order valence-corrected chi connectivity index (χ0v) is 12.0. The number of nitrogens with one attached hydrogen (secondary N) is 1. The summed E-state index contributed by atoms with van der Waals surface area (Å²) >= 11 is 0. The van der Waals surface area contributed by atoms with Crippen LogP contribution in [0.3, 0.4) is 0 Å². The molecule has 0 aromatic heterocycles. The molecule has 0 bridgehead atoms. The molecule has 0 unspecified atom stereocenters. The lowest BCUT2D eigenvalue weighted by Crippen LogP contribution is -2.44. The summed E-state index contributed by atoms with van der Waals surface area (Å²) in [5.41, 5.74) is 1.46. The maximum absolute atomic E-state index is 12.1. The van der Waals surface area contributed by atoms with Crippen LogP contribution in [0, 0.1) is 17.8 Å². The first-order chi connectivity index (χ1) is 9.69. The van der Waals surface area contributed by atoms with Gasteiger partial charge in [0.2, 0.25) is 5.91 Å². The van der Waals surface area contributed by atoms with Gasteiger partial charge in [-0.25, -0.2) is 0 Å². The van der Waals surface area contributed by atoms with E-state index in [1.54, 1.807) is 0 Å². The number of nitrogens with zero attached hydrogens (tertiary/aromatic N) is 1. The van der Waals surface area contributed by atoms with Gasteiger partial charge in [-0.2, -0.15) is 0 Å². The van der Waals surface area contributed by atoms with Crippen molar-refractivity contribution in [2.45, 2.75) is 31.8 Å². The van der Waals surface area contributed by atoms with Gasteiger partial charge in [0.15, 0.2) is 0 Å². The van der Waals surface area contributed by atoms with Crippen molar-refractivity contribution in [2.24, 2.45) is 17.8 Å². The molecule has 4 rings (SSSR count). The van der Waals surface area contributed by atoms with Gasteiger partial charge >= 0.3 is 0 Å². The number of rotatable bonds is 4. The normalized spacial score (nSPS) is 35.6. The highest BCUT2D eigenvalue weighted by Gasteiger charge is 2.67. The monoisotopic (exact) mass is 270 g/mol. The Morgan fingerprint density at radius 3 is 2.80 bits per heavy atom. The van der Waals surface area contributed by atoms with E-state index in [-0.39, 0.29) is 5.54 Å². The predicted octanol–water partition coefficient (Wildman–Crippen LogP) is 2.03. The van der Waals surface area contributed by atoms with Gasteiger partial charge in [0.1, 0.15) is 0 Å². The highest BCUT2D eigenvalue weighted by Crippen LogP contribution is 2.55. The molecule has 0 spiro atoms. The van der Waals surface area contributed by atoms with Crippen LogP contribution in [0.1, 0.15) is 25.3 Å². The lowest BCUT2D eigenvalue weighted by molar-refractivity contribution is -0.123. The van der Waals surface area contributed by atoms with Crippen molar-refractivity contribution in [3.05, 3.63) is 35.9 Å². The number of likely N-dealkylation sites (tertiary alicyclic amines) is 1. The predicted molar refractivity (Wildman–Crippen MR) is 78.0 cm³/mol. The Morgan fingerprint density at radius 1 is 1.35 bits per heavy atom. The van der Waals surface area contributed by atoms with E-state index in [9.17, 15) is 4.79 Å². The number of hydrogen-bond donors (Lipinski definition) is 1. The molecule has 3 aliphatic rings. The van der Waals surface area contributed by atoms with E-state index in [2.05, 4.69) is 47.5 Å². The zero-order chi connectivity index (χ0) is 13.7. The van der Waals surface area contributed by atoms with Gasteiger partial charge < -0.3 is 5.32 Å². The molecule has 3 nitrogen and oxygen atoms in total. The molecule has 2 aliphatic carbocycles. The average molecular weight is 270 g/mol. The lowest BCUT2D eigenvalue weighted by atomic mass is 10.1. The molecule has 0 radical (unpaired) electrons. The molecule has 1 heterocycles. The SMILES string of the molecule is C[C@@H]1[C@@H]2CN(Cc3ccccc3)C[C@@]12NC(=O)C1CC1. The molecule has 106 valence electrons. The lowest BCUT2D eigenvalue weighted by Gasteiger charge is -2.23. The van der Waals surface area contributed by atoms with Crippen molar-refractivity contribution in [3.8, 4) is 0 Å². The topological polar surface area (TPSA) is 32.3 Å². The third-order valence-corrected chi connectivity index (χ3v) is 5.46. The Morgan fingerprint density at radius 2 is 2.10 bits per heavy atom. The van der Waals surface area contributed by atoms with Gasteiger partial charge in [-0.1, -0.05) is 37.3 Å². The molecule has 3 heteroatoms. The molecular weight excluding hydrogens is 248 g/mol. The second-order valence-electron chi connectivity index (χ2n) is 6.85. The van der Waals surface area contributed by atoms with Gasteiger partial charge in [0, 0.05) is 31.5 Å². The molecule has 1 aliphatic heterocycles. The highest BCUT2D eigenvalue weighted by atomic mass is 16.2. The highest BCUT2D eigenvalue weighted by molar-refractivity contribution is 5.82. The number of carbonyl (C=O) groups excluding carboxylic acids is 1. The third-order valence-electron chi connectivity index (χ3n) is 5.46. The summed E-state index contributed by atoms with van der Waals surface area (Å²) < 4.78 is 0. The summed E-state index contributed by atoms with van der Waals surface area (Å²) in [5, 5.41) is 3.38. The largest absolute Gasteiger partial charge is 0.349 e. The Kier molecular flexibility index (Phi) is 2.68. The van der Waals surface area contributed by atoms with Crippen molar-refractivity contribution in [1.82, 2.24) is 10.2 Å². The van der Waals surface area contributed by atoms with E-state index in [1.165, 1.54) is 5.56 Å². The van der Waals surface area contributed by atoms with Crippen LogP contribution in [0.2, 0.25) is 0 Å². The second-order valence-corrected chi connectivity index (χ2v) is 6.85. The minimum atomic E-state index is 0.0917. The maximum Gasteiger partial charge on any atom is 0.223 e. The maximum atomic E-state index is 12.1. The number of amides is 1. The fraction of sp³-hybridized carbons (Fsp3) is 0.588. The quantitative estimate of drug-likeness (QED) is 0.908. The summed E-state index contributed by atoms with van der Waals surface area (Å²) in [5.74, 6) is 1.94. The Hall–Kier alpha value is -1.35. The van der Waals surface area contributed by atoms with Gasteiger partial charge in [-0.3, -0.25) is 9.69 Å². The number of carbonyl (C=O) groups is 1. The van der Waals surface area contributed by atoms with Crippen molar-refractivity contribution in [1.29, 1.82) is 0 Å². The van der Waals surface area contributed by atoms with Crippen molar-refractivity contribution in [2.75, 3.05) is 13.1 Å². The molecule has 3 fully saturated rings. The summed E-state index contributed by atoms with van der Waals surface area (Å²) in [7, 11) is 0. The second kappa shape index (κ2) is 4.32. The van der Waals surface area contributed by atoms with Crippen LogP contribution in [0.5, 0.6) is 0 Å². The van der Waals surface area contributed by atoms with Gasteiger partial charge in [0.05, 0.1) is 5.54 Å². The molecule has 1 saturated heterocycles. The van der Waals surface area contributed by atoms with Crippen molar-refractivity contribution in [3.63, 3.8) is 0 Å². The van der Waals surface area contributed by atoms with E-state index >= 15 is 0 Å². The molecule has 1 amide bonds. The molecule has 1 aromatic carbocycles. The fourth-order valence-electron chi connectivity index (χ4n) is 3.91. The fourth-order valence-corrected chi connectivity index (χ4v) is 3.91. The molecule has 3 atom stereocenters. The van der Waals surface area contributed by atoms with Crippen LogP contribution in [0.25, 0.3) is 0 Å². The first-order valence-electron chi connectivity index (χ1n) is 7.77. The average Bonchev–Trinajstić information content (AvgIpc) is 3.33. The standard InChI is InChI=1S/C17H22N2O/c1-12-15-10-19(9-13-5-3-2-4-6-13)11-17(12,15)18-16(20)14-7-8-14/h2-6,12,14-15H,7-11H2,1H3,(H,18,20)/t12-,15+,17-/m1/s1. The van der Waals surface area contributed by atoms with Gasteiger partial charge in [-0.15, -0.1) is 0 Å². The molecule has 1 aromatic rings. The molecule has 1 N–H and O–H groups in total. The van der Waals surface area contributed by atoms with Crippen LogP contribution in [-0.4, -0.2) is 29.4 Å². The van der Waals surface area contributed by atoms with Gasteiger partial charge in [-0.05, 0) is 24.3 Å². The summed E-state index contributed by atoms with van der Waals surface area (Å²) in [4.78, 5) is 14.6. The number of hydrogen-bond acceptors (Lipinski definition) is 2. The van der Waals surface area contributed by atoms with E-state index < -0.39 is 0 Å². The van der Waals surface area contributed by atoms with Crippen LogP contribution >= 0.6 is 0 Å². The van der Waals surface area contributed by atoms with Crippen molar-refractivity contribution >= 4 is 5.91 Å². The Bertz CT molecular complexity index is 525. The zero-order valence-electron chi connectivity index (χ0n) is 12.0. The summed E-state index contributed by atoms with van der Waals surface area (Å²) in [6.45, 7) is 5.44. The first kappa shape index (κ1) is 12.4. The van der Waals surface area contributed by atoms with E-state index in [0.29, 0.717) is 23.7 Å². The number of piperidine rings is 1. The van der Waals surface area contributed by atoms with Crippen molar-refractivity contribution < 1.29 is 4.79 Å². The Labute approximate surface area is 120 Å². The Balaban J connectivity index is 1.41. The van der Waals surface area contributed by atoms with Crippen LogP contribution in [-0.2, 0) is 11.3 Å². The molecule has 2 saturated carbocycles. The number of benzene rings is 1. The molecular formula is C17H22N2O. The van der Waals surface area contributed by atoms with Crippen LogP contribution in [0.15, 0.2) is 30.3 Å². The van der Waals surface area contributed by atoms with Gasteiger partial charge in [0.25, 0.3) is 0 Å². The smallest absolute Gasteiger partial charge is 0.223 e. The minimum Gasteiger partial charge on any atom is -0.349 e. The first-order valence-corrected chi connectivity index (χ1v) is 7.77. The van der Waals surface area contributed by atoms with E-state index in [0.717, 1.165) is 32.5 Å². The third kappa shape index (κ3) is 1.96. The summed E-state index contributed by atoms with van der Waals surface area (Å²) in [6.07, 6.45) is 2.18. The van der Waals surface area contributed by atoms with E-state index in [4.69, 9.17) is 0 Å². The van der Waals surface area contributed by atoms with E-state index in [1.807, 2.05) is 0 Å². The van der Waals surface area contributed by atoms with Crippen LogP contribution in [0.4, 0.5) is 0 Å². The summed E-state index contributed by atoms with van der Waals surface area (Å²) in [6, 6.07) is 10.6. The number of fused-ring (bicyclic) bond motifs is 1. The molecule has 20 heavy (non-hydrogen) atoms.